The molecule has 12 heavy (non-hydrogen) atoms. The summed E-state index contributed by atoms with van der Waals surface area (Å²) in [5.74, 6) is 0.990. The second-order valence-corrected chi connectivity index (χ2v) is 4.36. The summed E-state index contributed by atoms with van der Waals surface area (Å²) in [4.78, 5) is 0. The van der Waals surface area contributed by atoms with Gasteiger partial charge in [0.2, 0.25) is 0 Å². The standard InChI is InChI=1S/C11H20O/c1-8(2)11(12)7-5-6-9(3)10(11)4/h9-10,12H,1,5-7H2,2-4H3. The summed E-state index contributed by atoms with van der Waals surface area (Å²) in [6, 6.07) is 0. The Morgan fingerprint density at radius 1 is 1.50 bits per heavy atom. The average molecular weight is 168 g/mol. The van der Waals surface area contributed by atoms with Crippen molar-refractivity contribution in [3.63, 3.8) is 0 Å². The lowest BCUT2D eigenvalue weighted by molar-refractivity contribution is -0.0309. The molecule has 0 aliphatic heterocycles. The molecule has 1 saturated carbocycles. The lowest BCUT2D eigenvalue weighted by atomic mass is 9.68. The zero-order valence-electron chi connectivity index (χ0n) is 8.43. The van der Waals surface area contributed by atoms with Crippen LogP contribution in [0.1, 0.15) is 40.0 Å². The molecule has 70 valence electrons. The van der Waals surface area contributed by atoms with E-state index in [1.807, 2.05) is 6.92 Å². The summed E-state index contributed by atoms with van der Waals surface area (Å²) in [5.41, 5.74) is 0.346. The molecular formula is C11H20O. The van der Waals surface area contributed by atoms with E-state index in [0.29, 0.717) is 11.8 Å². The van der Waals surface area contributed by atoms with Crippen LogP contribution in [0, 0.1) is 11.8 Å². The van der Waals surface area contributed by atoms with Crippen molar-refractivity contribution in [2.75, 3.05) is 0 Å². The van der Waals surface area contributed by atoms with Gasteiger partial charge in [-0.3, -0.25) is 0 Å². The van der Waals surface area contributed by atoms with Crippen LogP contribution in [0.25, 0.3) is 0 Å². The van der Waals surface area contributed by atoms with E-state index in [1.165, 1.54) is 6.42 Å². The Balaban J connectivity index is 2.81. The molecule has 0 amide bonds. The highest BCUT2D eigenvalue weighted by atomic mass is 16.3. The number of hydrogen-bond donors (Lipinski definition) is 1. The van der Waals surface area contributed by atoms with Crippen LogP contribution in [0.2, 0.25) is 0 Å². The fraction of sp³-hybridized carbons (Fsp3) is 0.818. The van der Waals surface area contributed by atoms with E-state index in [4.69, 9.17) is 0 Å². The molecule has 0 saturated heterocycles. The van der Waals surface area contributed by atoms with Crippen molar-refractivity contribution in [1.82, 2.24) is 0 Å². The lowest BCUT2D eigenvalue weighted by Gasteiger charge is -2.42. The average Bonchev–Trinajstić information content (AvgIpc) is 2.00. The highest BCUT2D eigenvalue weighted by molar-refractivity contribution is 5.13. The summed E-state index contributed by atoms with van der Waals surface area (Å²) < 4.78 is 0. The molecule has 0 heterocycles. The smallest absolute Gasteiger partial charge is 0.0879 e. The highest BCUT2D eigenvalue weighted by Crippen LogP contribution is 2.41. The van der Waals surface area contributed by atoms with Gasteiger partial charge < -0.3 is 5.11 Å². The third-order valence-corrected chi connectivity index (χ3v) is 3.56. The highest BCUT2D eigenvalue weighted by Gasteiger charge is 2.40. The van der Waals surface area contributed by atoms with Gasteiger partial charge in [-0.2, -0.15) is 0 Å². The van der Waals surface area contributed by atoms with Crippen molar-refractivity contribution < 1.29 is 5.11 Å². The summed E-state index contributed by atoms with van der Waals surface area (Å²) in [6.45, 7) is 10.2. The summed E-state index contributed by atoms with van der Waals surface area (Å²) in [6.07, 6.45) is 3.28. The van der Waals surface area contributed by atoms with Crippen LogP contribution in [0.15, 0.2) is 12.2 Å². The van der Waals surface area contributed by atoms with Crippen LogP contribution in [0.3, 0.4) is 0 Å². The topological polar surface area (TPSA) is 20.2 Å². The van der Waals surface area contributed by atoms with Crippen LogP contribution in [0.4, 0.5) is 0 Å². The van der Waals surface area contributed by atoms with E-state index in [9.17, 15) is 5.11 Å². The monoisotopic (exact) mass is 168 g/mol. The molecule has 1 fully saturated rings. The van der Waals surface area contributed by atoms with Gasteiger partial charge in [0, 0.05) is 0 Å². The lowest BCUT2D eigenvalue weighted by Crippen LogP contribution is -2.43. The van der Waals surface area contributed by atoms with Crippen molar-refractivity contribution in [3.05, 3.63) is 12.2 Å². The molecule has 0 aromatic rings. The van der Waals surface area contributed by atoms with Crippen molar-refractivity contribution >= 4 is 0 Å². The minimum atomic E-state index is -0.586. The van der Waals surface area contributed by atoms with Gasteiger partial charge in [-0.25, -0.2) is 0 Å². The molecular weight excluding hydrogens is 148 g/mol. The normalized spacial score (nSPS) is 42.7. The van der Waals surface area contributed by atoms with Gasteiger partial charge in [0.15, 0.2) is 0 Å². The Morgan fingerprint density at radius 3 is 2.50 bits per heavy atom. The maximum absolute atomic E-state index is 10.3. The maximum Gasteiger partial charge on any atom is 0.0879 e. The molecule has 3 unspecified atom stereocenters. The van der Waals surface area contributed by atoms with Crippen LogP contribution < -0.4 is 0 Å². The van der Waals surface area contributed by atoms with Crippen molar-refractivity contribution in [2.45, 2.75) is 45.6 Å². The Bertz CT molecular complexity index is 185. The van der Waals surface area contributed by atoms with Gasteiger partial charge in [-0.15, -0.1) is 0 Å². The molecule has 0 aromatic carbocycles. The van der Waals surface area contributed by atoms with E-state index in [-0.39, 0.29) is 0 Å². The van der Waals surface area contributed by atoms with Crippen LogP contribution in [0.5, 0.6) is 0 Å². The van der Waals surface area contributed by atoms with E-state index in [2.05, 4.69) is 20.4 Å². The first-order valence-corrected chi connectivity index (χ1v) is 4.87. The van der Waals surface area contributed by atoms with Crippen LogP contribution in [-0.2, 0) is 0 Å². The third kappa shape index (κ3) is 1.42. The number of rotatable bonds is 1. The Labute approximate surface area is 75.5 Å². The SMILES string of the molecule is C=C(C)C1(O)CCCC(C)C1C. The number of aliphatic hydroxyl groups is 1. The van der Waals surface area contributed by atoms with Crippen molar-refractivity contribution in [1.29, 1.82) is 0 Å². The quantitative estimate of drug-likeness (QED) is 0.597. The van der Waals surface area contributed by atoms with Gasteiger partial charge in [-0.05, 0) is 37.2 Å². The second-order valence-electron chi connectivity index (χ2n) is 4.36. The summed E-state index contributed by atoms with van der Waals surface area (Å²) in [5, 5.41) is 10.3. The first-order chi connectivity index (χ1) is 5.48. The van der Waals surface area contributed by atoms with E-state index < -0.39 is 5.60 Å². The van der Waals surface area contributed by atoms with Gasteiger partial charge in [0.25, 0.3) is 0 Å². The fourth-order valence-electron chi connectivity index (χ4n) is 2.24. The molecule has 1 rings (SSSR count). The molecule has 1 N–H and O–H groups in total. The van der Waals surface area contributed by atoms with Crippen molar-refractivity contribution in [2.24, 2.45) is 11.8 Å². The van der Waals surface area contributed by atoms with E-state index in [0.717, 1.165) is 18.4 Å². The fourth-order valence-corrected chi connectivity index (χ4v) is 2.24. The Hall–Kier alpha value is -0.300. The molecule has 1 aliphatic rings. The van der Waals surface area contributed by atoms with Gasteiger partial charge >= 0.3 is 0 Å². The molecule has 0 bridgehead atoms. The van der Waals surface area contributed by atoms with Crippen LogP contribution in [-0.4, -0.2) is 10.7 Å². The molecule has 1 aliphatic carbocycles. The first kappa shape index (κ1) is 9.79. The minimum Gasteiger partial charge on any atom is -0.385 e. The minimum absolute atomic E-state index is 0.365. The van der Waals surface area contributed by atoms with Gasteiger partial charge in [0.1, 0.15) is 0 Å². The number of hydrogen-bond acceptors (Lipinski definition) is 1. The maximum atomic E-state index is 10.3. The van der Waals surface area contributed by atoms with Gasteiger partial charge in [-0.1, -0.05) is 26.8 Å². The molecule has 1 nitrogen and oxygen atoms in total. The first-order valence-electron chi connectivity index (χ1n) is 4.87. The van der Waals surface area contributed by atoms with E-state index in [1.54, 1.807) is 0 Å². The molecule has 0 radical (unpaired) electrons. The molecule has 3 atom stereocenters. The largest absolute Gasteiger partial charge is 0.385 e. The van der Waals surface area contributed by atoms with Crippen molar-refractivity contribution in [3.8, 4) is 0 Å². The molecule has 0 spiro atoms. The molecule has 0 aromatic heterocycles. The predicted octanol–water partition coefficient (Wildman–Crippen LogP) is 2.75. The Morgan fingerprint density at radius 2 is 2.08 bits per heavy atom. The predicted molar refractivity (Wildman–Crippen MR) is 51.9 cm³/mol. The molecule has 1 heteroatoms. The van der Waals surface area contributed by atoms with Gasteiger partial charge in [0.05, 0.1) is 5.60 Å². The zero-order valence-corrected chi connectivity index (χ0v) is 8.43. The summed E-state index contributed by atoms with van der Waals surface area (Å²) >= 11 is 0. The third-order valence-electron chi connectivity index (χ3n) is 3.56. The Kier molecular flexibility index (Phi) is 2.62. The summed E-state index contributed by atoms with van der Waals surface area (Å²) in [7, 11) is 0. The van der Waals surface area contributed by atoms with Crippen LogP contribution >= 0.6 is 0 Å². The van der Waals surface area contributed by atoms with E-state index >= 15 is 0 Å². The zero-order chi connectivity index (χ0) is 9.35. The second kappa shape index (κ2) is 3.21.